The Balaban J connectivity index is 2.38. The number of rotatable bonds is 17. The Hall–Kier alpha value is -1.65. The molecule has 5 nitrogen and oxygen atoms in total. The molecule has 0 aromatic rings. The molecule has 0 unspecified atom stereocenters. The van der Waals surface area contributed by atoms with E-state index in [0.29, 0.717) is 6.54 Å². The number of hydrogen-bond acceptors (Lipinski definition) is 3. The van der Waals surface area contributed by atoms with Gasteiger partial charge in [-0.3, -0.25) is 19.3 Å². The van der Waals surface area contributed by atoms with Crippen LogP contribution in [0.1, 0.15) is 118 Å². The van der Waals surface area contributed by atoms with Crippen LogP contribution in [0.2, 0.25) is 0 Å². The molecule has 1 rings (SSSR count). The number of carbonyl (C=O) groups excluding carboxylic acids is 3. The quantitative estimate of drug-likeness (QED) is 0.271. The maximum absolute atomic E-state index is 13.0. The first-order valence-electron chi connectivity index (χ1n) is 13.2. The largest absolute Gasteiger partial charge is 0.356 e. The lowest BCUT2D eigenvalue weighted by Gasteiger charge is -2.27. The Bertz CT molecular complexity index is 614. The van der Waals surface area contributed by atoms with Crippen LogP contribution in [0, 0.1) is 11.8 Å². The average Bonchev–Trinajstić information content (AvgIpc) is 3.05. The van der Waals surface area contributed by atoms with Crippen molar-refractivity contribution in [3.8, 4) is 0 Å². The van der Waals surface area contributed by atoms with Crippen LogP contribution in [0.15, 0.2) is 11.6 Å². The van der Waals surface area contributed by atoms with Gasteiger partial charge in [0, 0.05) is 24.5 Å². The zero-order valence-electron chi connectivity index (χ0n) is 21.4. The third-order valence-electron chi connectivity index (χ3n) is 6.72. The minimum atomic E-state index is -0.164. The molecule has 0 aliphatic carbocycles. The highest BCUT2D eigenvalue weighted by Gasteiger charge is 2.36. The van der Waals surface area contributed by atoms with E-state index < -0.39 is 0 Å². The van der Waals surface area contributed by atoms with Crippen LogP contribution in [0.5, 0.6) is 0 Å². The molecule has 0 spiro atoms. The molecule has 1 N–H and O–H groups in total. The molecule has 0 saturated heterocycles. The Morgan fingerprint density at radius 2 is 1.50 bits per heavy atom. The van der Waals surface area contributed by atoms with Crippen LogP contribution in [0.3, 0.4) is 0 Å². The van der Waals surface area contributed by atoms with Crippen molar-refractivity contribution in [1.82, 2.24) is 10.2 Å². The molecule has 0 saturated carbocycles. The fourth-order valence-corrected chi connectivity index (χ4v) is 4.43. The highest BCUT2D eigenvalue weighted by atomic mass is 16.2. The van der Waals surface area contributed by atoms with Crippen molar-refractivity contribution in [2.45, 2.75) is 124 Å². The van der Waals surface area contributed by atoms with Crippen molar-refractivity contribution >= 4 is 17.7 Å². The molecule has 5 heteroatoms. The molecule has 3 amide bonds. The molecule has 0 radical (unpaired) electrons. The monoisotopic (exact) mass is 448 g/mol. The number of hydrogen-bond donors (Lipinski definition) is 1. The molecule has 0 fully saturated rings. The van der Waals surface area contributed by atoms with E-state index in [1.165, 1.54) is 37.0 Å². The number of amides is 3. The van der Waals surface area contributed by atoms with Crippen molar-refractivity contribution in [2.75, 3.05) is 6.54 Å². The van der Waals surface area contributed by atoms with Crippen LogP contribution < -0.4 is 5.32 Å². The Morgan fingerprint density at radius 3 is 2.09 bits per heavy atom. The van der Waals surface area contributed by atoms with Crippen molar-refractivity contribution in [3.63, 3.8) is 0 Å². The van der Waals surface area contributed by atoms with Gasteiger partial charge in [0.2, 0.25) is 11.8 Å². The van der Waals surface area contributed by atoms with Gasteiger partial charge in [-0.15, -0.1) is 0 Å². The first-order chi connectivity index (χ1) is 15.3. The van der Waals surface area contributed by atoms with Crippen LogP contribution >= 0.6 is 0 Å². The van der Waals surface area contributed by atoms with Crippen LogP contribution in [-0.4, -0.2) is 35.2 Å². The lowest BCUT2D eigenvalue weighted by atomic mass is 9.98. The molecule has 1 aliphatic rings. The molecule has 184 valence electrons. The summed E-state index contributed by atoms with van der Waals surface area (Å²) < 4.78 is 0. The maximum atomic E-state index is 13.0. The summed E-state index contributed by atoms with van der Waals surface area (Å²) in [6.07, 6.45) is 15.2. The zero-order chi connectivity index (χ0) is 23.9. The minimum absolute atomic E-state index is 0.0326. The summed E-state index contributed by atoms with van der Waals surface area (Å²) in [4.78, 5) is 39.2. The molecule has 1 aliphatic heterocycles. The molecule has 32 heavy (non-hydrogen) atoms. The summed E-state index contributed by atoms with van der Waals surface area (Å²) in [5.74, 6) is -0.104. The zero-order valence-corrected chi connectivity index (χ0v) is 21.4. The van der Waals surface area contributed by atoms with Gasteiger partial charge in [-0.1, -0.05) is 79.1 Å². The van der Waals surface area contributed by atoms with Gasteiger partial charge in [0.05, 0.1) is 6.04 Å². The van der Waals surface area contributed by atoms with Gasteiger partial charge in [-0.25, -0.2) is 0 Å². The highest BCUT2D eigenvalue weighted by Crippen LogP contribution is 2.27. The Labute approximate surface area is 196 Å². The minimum Gasteiger partial charge on any atom is -0.356 e. The average molecular weight is 449 g/mol. The number of nitrogens with one attached hydrogen (secondary N) is 1. The summed E-state index contributed by atoms with van der Waals surface area (Å²) in [5.41, 5.74) is 0.978. The van der Waals surface area contributed by atoms with E-state index >= 15 is 0 Å². The third kappa shape index (κ3) is 9.87. The van der Waals surface area contributed by atoms with E-state index in [9.17, 15) is 14.4 Å². The maximum Gasteiger partial charge on any atom is 0.253 e. The van der Waals surface area contributed by atoms with Crippen molar-refractivity contribution in [3.05, 3.63) is 11.6 Å². The van der Waals surface area contributed by atoms with Gasteiger partial charge in [0.1, 0.15) is 0 Å². The molecule has 0 bridgehead atoms. The summed E-state index contributed by atoms with van der Waals surface area (Å²) in [7, 11) is 0. The topological polar surface area (TPSA) is 66.5 Å². The lowest BCUT2D eigenvalue weighted by Crippen LogP contribution is -2.43. The summed E-state index contributed by atoms with van der Waals surface area (Å²) in [5, 5.41) is 3.05. The van der Waals surface area contributed by atoms with Gasteiger partial charge in [0.15, 0.2) is 0 Å². The normalized spacial score (nSPS) is 17.9. The predicted molar refractivity (Wildman–Crippen MR) is 132 cm³/mol. The number of imide groups is 1. The molecular weight excluding hydrogens is 400 g/mol. The standard InChI is InChI=1S/C27H48N2O3/c1-6-8-10-12-16-21(3)26(31)28-19-15-14-18-24-23(5)20-25(30)29(24)27(32)22(4)17-13-11-9-7-2/h20-22,24H,6-19H2,1-5H3,(H,28,31)/t21-,22-,24+/m1/s1. The van der Waals surface area contributed by atoms with Crippen molar-refractivity contribution in [2.24, 2.45) is 11.8 Å². The molecular formula is C27H48N2O3. The van der Waals surface area contributed by atoms with Gasteiger partial charge in [-0.05, 0) is 44.6 Å². The third-order valence-corrected chi connectivity index (χ3v) is 6.72. The van der Waals surface area contributed by atoms with Crippen molar-refractivity contribution < 1.29 is 14.4 Å². The van der Waals surface area contributed by atoms with Gasteiger partial charge < -0.3 is 5.32 Å². The molecule has 0 aromatic heterocycles. The van der Waals surface area contributed by atoms with Gasteiger partial charge in [-0.2, -0.15) is 0 Å². The van der Waals surface area contributed by atoms with Crippen molar-refractivity contribution in [1.29, 1.82) is 0 Å². The lowest BCUT2D eigenvalue weighted by molar-refractivity contribution is -0.145. The molecule has 0 aromatic carbocycles. The van der Waals surface area contributed by atoms with E-state index in [4.69, 9.17) is 0 Å². The second kappa shape index (κ2) is 16.0. The highest BCUT2D eigenvalue weighted by molar-refractivity contribution is 6.04. The SMILES string of the molecule is CCCCCC[C@@H](C)C(=O)NCCCC[C@H]1C(C)=CC(=O)N1C(=O)[C@H](C)CCCCCC. The van der Waals surface area contributed by atoms with Crippen LogP contribution in [0.25, 0.3) is 0 Å². The Morgan fingerprint density at radius 1 is 0.906 bits per heavy atom. The second-order valence-electron chi connectivity index (χ2n) is 9.74. The number of carbonyl (C=O) groups is 3. The van der Waals surface area contributed by atoms with Crippen LogP contribution in [-0.2, 0) is 14.4 Å². The first-order valence-corrected chi connectivity index (χ1v) is 13.2. The fourth-order valence-electron chi connectivity index (χ4n) is 4.43. The molecule has 3 atom stereocenters. The summed E-state index contributed by atoms with van der Waals surface area (Å²) in [6, 6.07) is -0.124. The number of unbranched alkanes of at least 4 members (excludes halogenated alkanes) is 7. The fraction of sp³-hybridized carbons (Fsp3) is 0.815. The predicted octanol–water partition coefficient (Wildman–Crippen LogP) is 6.17. The smallest absolute Gasteiger partial charge is 0.253 e. The van der Waals surface area contributed by atoms with E-state index in [-0.39, 0.29) is 35.6 Å². The van der Waals surface area contributed by atoms with E-state index in [2.05, 4.69) is 19.2 Å². The summed E-state index contributed by atoms with van der Waals surface area (Å²) >= 11 is 0. The van der Waals surface area contributed by atoms with E-state index in [0.717, 1.165) is 56.9 Å². The number of nitrogens with zero attached hydrogens (tertiary/aromatic N) is 1. The first kappa shape index (κ1) is 28.4. The van der Waals surface area contributed by atoms with Gasteiger partial charge in [0.25, 0.3) is 5.91 Å². The van der Waals surface area contributed by atoms with E-state index in [1.807, 2.05) is 20.8 Å². The Kier molecular flexibility index (Phi) is 14.2. The summed E-state index contributed by atoms with van der Waals surface area (Å²) in [6.45, 7) is 10.9. The second-order valence-corrected chi connectivity index (χ2v) is 9.74. The molecule has 1 heterocycles. The van der Waals surface area contributed by atoms with Crippen LogP contribution in [0.4, 0.5) is 0 Å². The van der Waals surface area contributed by atoms with Gasteiger partial charge >= 0.3 is 0 Å². The van der Waals surface area contributed by atoms with E-state index in [1.54, 1.807) is 6.08 Å².